The van der Waals surface area contributed by atoms with Crippen LogP contribution in [0.5, 0.6) is 11.5 Å². The fourth-order valence-electron chi connectivity index (χ4n) is 3.23. The molecule has 144 valence electrons. The van der Waals surface area contributed by atoms with Crippen LogP contribution in [-0.4, -0.2) is 18.6 Å². The molecule has 0 fully saturated rings. The molecule has 1 aliphatic rings. The Hall–Kier alpha value is -3.28. The molecule has 0 aliphatic carbocycles. The molecule has 5 nitrogen and oxygen atoms in total. The minimum atomic E-state index is -0.402. The summed E-state index contributed by atoms with van der Waals surface area (Å²) in [7, 11) is 0. The van der Waals surface area contributed by atoms with Gasteiger partial charge in [-0.3, -0.25) is 4.79 Å². The maximum atomic E-state index is 13.1. The molecule has 1 atom stereocenters. The molecule has 28 heavy (non-hydrogen) atoms. The fraction of sp³-hybridized carbons (Fsp3) is 0.227. The zero-order valence-electron chi connectivity index (χ0n) is 15.6. The van der Waals surface area contributed by atoms with Gasteiger partial charge in [0.25, 0.3) is 5.91 Å². The van der Waals surface area contributed by atoms with Crippen LogP contribution in [0.4, 0.5) is 10.1 Å². The van der Waals surface area contributed by atoms with Gasteiger partial charge in [-0.25, -0.2) is 4.39 Å². The third kappa shape index (κ3) is 3.58. The van der Waals surface area contributed by atoms with E-state index in [1.807, 2.05) is 19.9 Å². The number of anilines is 1. The maximum absolute atomic E-state index is 13.1. The summed E-state index contributed by atoms with van der Waals surface area (Å²) in [5, 5.41) is 2.83. The second kappa shape index (κ2) is 7.38. The summed E-state index contributed by atoms with van der Waals surface area (Å²) in [6, 6.07) is 12.8. The Morgan fingerprint density at radius 3 is 2.75 bits per heavy atom. The zero-order valence-corrected chi connectivity index (χ0v) is 15.6. The van der Waals surface area contributed by atoms with E-state index in [4.69, 9.17) is 13.9 Å². The zero-order chi connectivity index (χ0) is 19.7. The summed E-state index contributed by atoms with van der Waals surface area (Å²) < 4.78 is 30.2. The molecule has 1 aliphatic heterocycles. The Labute approximate surface area is 162 Å². The number of halogens is 1. The van der Waals surface area contributed by atoms with Crippen LogP contribution in [0.3, 0.4) is 0 Å². The van der Waals surface area contributed by atoms with E-state index < -0.39 is 5.91 Å². The molecule has 0 spiro atoms. The van der Waals surface area contributed by atoms with Crippen molar-refractivity contribution in [2.75, 3.05) is 11.9 Å². The van der Waals surface area contributed by atoms with Crippen LogP contribution < -0.4 is 14.8 Å². The maximum Gasteiger partial charge on any atom is 0.291 e. The second-order valence-corrected chi connectivity index (χ2v) is 6.65. The van der Waals surface area contributed by atoms with Crippen molar-refractivity contribution in [3.63, 3.8) is 0 Å². The highest BCUT2D eigenvalue weighted by atomic mass is 19.1. The number of nitrogens with one attached hydrogen (secondary N) is 1. The highest BCUT2D eigenvalue weighted by molar-refractivity contribution is 6.03. The first-order valence-electron chi connectivity index (χ1n) is 9.17. The van der Waals surface area contributed by atoms with E-state index in [1.165, 1.54) is 12.1 Å². The fourth-order valence-corrected chi connectivity index (χ4v) is 3.23. The lowest BCUT2D eigenvalue weighted by Crippen LogP contribution is -2.12. The van der Waals surface area contributed by atoms with Crippen molar-refractivity contribution in [3.8, 4) is 22.8 Å². The van der Waals surface area contributed by atoms with Crippen molar-refractivity contribution in [1.29, 1.82) is 0 Å². The largest absolute Gasteiger partial charge is 0.492 e. The molecule has 3 aromatic rings. The number of rotatable bonds is 5. The Bertz CT molecular complexity index is 1010. The molecular formula is C22H20FNO4. The lowest BCUT2D eigenvalue weighted by molar-refractivity contribution is 0.0997. The van der Waals surface area contributed by atoms with Gasteiger partial charge in [0, 0.05) is 23.6 Å². The van der Waals surface area contributed by atoms with Crippen LogP contribution in [0.2, 0.25) is 0 Å². The van der Waals surface area contributed by atoms with Crippen LogP contribution in [0.1, 0.15) is 30.0 Å². The molecule has 1 unspecified atom stereocenters. The summed E-state index contributed by atoms with van der Waals surface area (Å²) >= 11 is 0. The predicted octanol–water partition coefficient (Wildman–Crippen LogP) is 5.06. The Balaban J connectivity index is 1.57. The number of carbonyl (C=O) groups is 1. The molecule has 1 aromatic heterocycles. The molecule has 0 saturated heterocycles. The summed E-state index contributed by atoms with van der Waals surface area (Å²) in [6.45, 7) is 4.37. The molecule has 6 heteroatoms. The van der Waals surface area contributed by atoms with Gasteiger partial charge in [-0.1, -0.05) is 0 Å². The van der Waals surface area contributed by atoms with Crippen molar-refractivity contribution in [3.05, 3.63) is 65.7 Å². The summed E-state index contributed by atoms with van der Waals surface area (Å²) in [6.07, 6.45) is 0.904. The first-order valence-corrected chi connectivity index (χ1v) is 9.17. The third-order valence-electron chi connectivity index (χ3n) is 4.50. The van der Waals surface area contributed by atoms with Gasteiger partial charge in [0.05, 0.1) is 12.3 Å². The van der Waals surface area contributed by atoms with E-state index in [0.717, 1.165) is 17.7 Å². The molecule has 1 amide bonds. The molecule has 0 radical (unpaired) electrons. The highest BCUT2D eigenvalue weighted by Gasteiger charge is 2.23. The molecule has 2 aromatic carbocycles. The van der Waals surface area contributed by atoms with Crippen molar-refractivity contribution >= 4 is 11.6 Å². The number of carbonyl (C=O) groups excluding carboxylic acids is 1. The molecule has 1 N–H and O–H groups in total. The van der Waals surface area contributed by atoms with Gasteiger partial charge in [0.15, 0.2) is 5.76 Å². The lowest BCUT2D eigenvalue weighted by Gasteiger charge is -2.13. The SMILES string of the molecule is CCOc1cc2c(cc1NC(=O)c1ccc(-c3ccc(F)cc3)o1)OC(C)C2. The van der Waals surface area contributed by atoms with Gasteiger partial charge < -0.3 is 19.2 Å². The standard InChI is InChI=1S/C22H20FNO4/c1-3-26-21-11-15-10-13(2)27-20(15)12-17(21)24-22(25)19-9-8-18(28-19)14-4-6-16(23)7-5-14/h4-9,11-13H,3,10H2,1-2H3,(H,24,25). The van der Waals surface area contributed by atoms with E-state index in [0.29, 0.717) is 29.4 Å². The number of ether oxygens (including phenoxy) is 2. The van der Waals surface area contributed by atoms with Gasteiger partial charge in [-0.05, 0) is 56.3 Å². The molecular weight excluding hydrogens is 361 g/mol. The van der Waals surface area contributed by atoms with Crippen molar-refractivity contribution < 1.29 is 23.1 Å². The van der Waals surface area contributed by atoms with Crippen molar-refractivity contribution in [2.45, 2.75) is 26.4 Å². The van der Waals surface area contributed by atoms with Crippen LogP contribution in [-0.2, 0) is 6.42 Å². The van der Waals surface area contributed by atoms with Crippen LogP contribution >= 0.6 is 0 Å². The summed E-state index contributed by atoms with van der Waals surface area (Å²) in [5.41, 5.74) is 2.28. The number of hydrogen-bond acceptors (Lipinski definition) is 4. The Morgan fingerprint density at radius 2 is 2.00 bits per heavy atom. The first kappa shape index (κ1) is 18.1. The van der Waals surface area contributed by atoms with Crippen LogP contribution in [0.25, 0.3) is 11.3 Å². The topological polar surface area (TPSA) is 60.7 Å². The summed E-state index contributed by atoms with van der Waals surface area (Å²) in [5.74, 6) is 1.25. The average Bonchev–Trinajstić information content (AvgIpc) is 3.29. The molecule has 0 bridgehead atoms. The average molecular weight is 381 g/mol. The third-order valence-corrected chi connectivity index (χ3v) is 4.50. The number of furan rings is 1. The van der Waals surface area contributed by atoms with Gasteiger partial charge in [0.1, 0.15) is 29.2 Å². The van der Waals surface area contributed by atoms with Gasteiger partial charge >= 0.3 is 0 Å². The van der Waals surface area contributed by atoms with Gasteiger partial charge in [0.2, 0.25) is 0 Å². The predicted molar refractivity (Wildman–Crippen MR) is 103 cm³/mol. The van der Waals surface area contributed by atoms with E-state index >= 15 is 0 Å². The molecule has 2 heterocycles. The lowest BCUT2D eigenvalue weighted by atomic mass is 10.1. The minimum Gasteiger partial charge on any atom is -0.492 e. The molecule has 4 rings (SSSR count). The summed E-state index contributed by atoms with van der Waals surface area (Å²) in [4.78, 5) is 12.7. The highest BCUT2D eigenvalue weighted by Crippen LogP contribution is 2.38. The first-order chi connectivity index (χ1) is 13.5. The van der Waals surface area contributed by atoms with Crippen LogP contribution in [0.15, 0.2) is 52.9 Å². The van der Waals surface area contributed by atoms with Crippen molar-refractivity contribution in [2.24, 2.45) is 0 Å². The van der Waals surface area contributed by atoms with Crippen molar-refractivity contribution in [1.82, 2.24) is 0 Å². The Kier molecular flexibility index (Phi) is 4.77. The van der Waals surface area contributed by atoms with E-state index in [9.17, 15) is 9.18 Å². The normalized spacial score (nSPS) is 15.0. The number of amides is 1. The van der Waals surface area contributed by atoms with E-state index in [1.54, 1.807) is 30.3 Å². The quantitative estimate of drug-likeness (QED) is 0.671. The minimum absolute atomic E-state index is 0.0961. The van der Waals surface area contributed by atoms with Gasteiger partial charge in [-0.15, -0.1) is 0 Å². The van der Waals surface area contributed by atoms with E-state index in [-0.39, 0.29) is 17.7 Å². The van der Waals surface area contributed by atoms with Crippen LogP contribution in [0, 0.1) is 5.82 Å². The number of fused-ring (bicyclic) bond motifs is 1. The molecule has 0 saturated carbocycles. The Morgan fingerprint density at radius 1 is 1.21 bits per heavy atom. The number of benzene rings is 2. The monoisotopic (exact) mass is 381 g/mol. The van der Waals surface area contributed by atoms with E-state index in [2.05, 4.69) is 5.32 Å². The smallest absolute Gasteiger partial charge is 0.291 e. The van der Waals surface area contributed by atoms with Gasteiger partial charge in [-0.2, -0.15) is 0 Å². The second-order valence-electron chi connectivity index (χ2n) is 6.65. The number of hydrogen-bond donors (Lipinski definition) is 1.